The quantitative estimate of drug-likeness (QED) is 0.879. The fourth-order valence-electron chi connectivity index (χ4n) is 4.26. The van der Waals surface area contributed by atoms with E-state index >= 15 is 0 Å². The molecule has 1 heterocycles. The molecule has 1 saturated carbocycles. The second-order valence-corrected chi connectivity index (χ2v) is 7.32. The maximum Gasteiger partial charge on any atom is 0.128 e. The summed E-state index contributed by atoms with van der Waals surface area (Å²) in [7, 11) is 0. The molecule has 2 aliphatic rings. The number of halogens is 2. The van der Waals surface area contributed by atoms with Crippen LogP contribution < -0.4 is 5.73 Å². The summed E-state index contributed by atoms with van der Waals surface area (Å²) in [6.07, 6.45) is 7.78. The maximum absolute atomic E-state index is 14.3. The third kappa shape index (κ3) is 3.17. The van der Waals surface area contributed by atoms with Crippen molar-refractivity contribution in [2.75, 3.05) is 13.1 Å². The van der Waals surface area contributed by atoms with E-state index in [2.05, 4.69) is 20.8 Å². The lowest BCUT2D eigenvalue weighted by atomic mass is 9.77. The normalized spacial score (nSPS) is 28.1. The fraction of sp³-hybridized carbons (Fsp3) is 0.647. The second kappa shape index (κ2) is 6.76. The molecule has 0 bridgehead atoms. The summed E-state index contributed by atoms with van der Waals surface area (Å²) in [4.78, 5) is 2.50. The minimum absolute atomic E-state index is 0.00778. The lowest BCUT2D eigenvalue weighted by Gasteiger charge is -2.47. The van der Waals surface area contributed by atoms with Gasteiger partial charge < -0.3 is 5.73 Å². The van der Waals surface area contributed by atoms with Crippen molar-refractivity contribution < 1.29 is 4.39 Å². The van der Waals surface area contributed by atoms with E-state index in [1.54, 1.807) is 12.1 Å². The van der Waals surface area contributed by atoms with Gasteiger partial charge in [-0.2, -0.15) is 0 Å². The van der Waals surface area contributed by atoms with Gasteiger partial charge in [-0.25, -0.2) is 4.39 Å². The molecular formula is C17H24BrFN2. The van der Waals surface area contributed by atoms with E-state index in [0.717, 1.165) is 22.5 Å². The van der Waals surface area contributed by atoms with E-state index in [1.165, 1.54) is 38.5 Å². The van der Waals surface area contributed by atoms with Gasteiger partial charge in [0.2, 0.25) is 0 Å². The molecule has 2 fully saturated rings. The van der Waals surface area contributed by atoms with Crippen LogP contribution in [-0.2, 0) is 0 Å². The van der Waals surface area contributed by atoms with Crippen LogP contribution in [0.1, 0.15) is 50.1 Å². The van der Waals surface area contributed by atoms with Gasteiger partial charge in [0, 0.05) is 22.6 Å². The first-order chi connectivity index (χ1) is 10.2. The van der Waals surface area contributed by atoms with Gasteiger partial charge in [-0.1, -0.05) is 28.8 Å². The van der Waals surface area contributed by atoms with Crippen molar-refractivity contribution in [2.45, 2.75) is 50.6 Å². The molecule has 0 radical (unpaired) electrons. The minimum atomic E-state index is -0.133. The number of nitrogens with zero attached hydrogens (tertiary/aromatic N) is 1. The molecule has 116 valence electrons. The highest BCUT2D eigenvalue weighted by Gasteiger charge is 2.37. The molecule has 1 aliphatic heterocycles. The molecule has 2 nitrogen and oxygen atoms in total. The standard InChI is InChI=1S/C17H24BrFN2/c18-13-7-8-15(19)14(10-13)17(11-20)21-9-3-5-12-4-1-2-6-16(12)21/h7-8,10,12,16-17H,1-6,9,11,20H2. The predicted molar refractivity (Wildman–Crippen MR) is 87.6 cm³/mol. The first-order valence-corrected chi connectivity index (χ1v) is 8.90. The molecule has 0 aromatic heterocycles. The van der Waals surface area contributed by atoms with E-state index in [1.807, 2.05) is 6.07 Å². The van der Waals surface area contributed by atoms with Gasteiger partial charge in [-0.05, 0) is 56.3 Å². The van der Waals surface area contributed by atoms with Crippen LogP contribution in [0.15, 0.2) is 22.7 Å². The molecule has 3 unspecified atom stereocenters. The van der Waals surface area contributed by atoms with E-state index in [4.69, 9.17) is 5.73 Å². The van der Waals surface area contributed by atoms with Gasteiger partial charge in [-0.3, -0.25) is 4.90 Å². The van der Waals surface area contributed by atoms with Gasteiger partial charge >= 0.3 is 0 Å². The largest absolute Gasteiger partial charge is 0.329 e. The Hall–Kier alpha value is -0.450. The number of fused-ring (bicyclic) bond motifs is 1. The first-order valence-electron chi connectivity index (χ1n) is 8.11. The molecule has 1 aliphatic carbocycles. The SMILES string of the molecule is NCC(c1cc(Br)ccc1F)N1CCCC2CCCCC21. The Morgan fingerprint density at radius 3 is 2.81 bits per heavy atom. The predicted octanol–water partition coefficient (Wildman–Crippen LogP) is 4.24. The van der Waals surface area contributed by atoms with E-state index < -0.39 is 0 Å². The first kappa shape index (κ1) is 15.4. The smallest absolute Gasteiger partial charge is 0.128 e. The summed E-state index contributed by atoms with van der Waals surface area (Å²) in [5, 5.41) is 0. The summed E-state index contributed by atoms with van der Waals surface area (Å²) < 4.78 is 15.2. The highest BCUT2D eigenvalue weighted by molar-refractivity contribution is 9.10. The van der Waals surface area contributed by atoms with E-state index in [0.29, 0.717) is 12.6 Å². The lowest BCUT2D eigenvalue weighted by Crippen LogP contribution is -2.50. The van der Waals surface area contributed by atoms with Crippen molar-refractivity contribution in [1.29, 1.82) is 0 Å². The van der Waals surface area contributed by atoms with Crippen LogP contribution in [-0.4, -0.2) is 24.0 Å². The van der Waals surface area contributed by atoms with Crippen molar-refractivity contribution in [1.82, 2.24) is 4.90 Å². The lowest BCUT2D eigenvalue weighted by molar-refractivity contribution is 0.0265. The summed E-state index contributed by atoms with van der Waals surface area (Å²) in [6, 6.07) is 5.81. The summed E-state index contributed by atoms with van der Waals surface area (Å²) in [5.41, 5.74) is 6.80. The van der Waals surface area contributed by atoms with Crippen LogP contribution in [0.4, 0.5) is 4.39 Å². The van der Waals surface area contributed by atoms with Crippen LogP contribution >= 0.6 is 15.9 Å². The molecule has 0 spiro atoms. The third-order valence-corrected chi connectivity index (χ3v) is 5.72. The monoisotopic (exact) mass is 354 g/mol. The zero-order valence-corrected chi connectivity index (χ0v) is 14.0. The molecule has 4 heteroatoms. The van der Waals surface area contributed by atoms with Gasteiger partial charge in [0.25, 0.3) is 0 Å². The Labute approximate surface area is 135 Å². The number of benzene rings is 1. The summed E-state index contributed by atoms with van der Waals surface area (Å²) >= 11 is 3.46. The Kier molecular flexibility index (Phi) is 4.97. The highest BCUT2D eigenvalue weighted by Crippen LogP contribution is 2.39. The molecule has 1 aromatic rings. The average Bonchev–Trinajstić information content (AvgIpc) is 2.51. The van der Waals surface area contributed by atoms with Crippen LogP contribution in [0.3, 0.4) is 0 Å². The molecule has 1 saturated heterocycles. The Morgan fingerprint density at radius 2 is 2.00 bits per heavy atom. The number of piperidine rings is 1. The van der Waals surface area contributed by atoms with Crippen molar-refractivity contribution in [2.24, 2.45) is 11.7 Å². The van der Waals surface area contributed by atoms with Crippen LogP contribution in [0.25, 0.3) is 0 Å². The Bertz CT molecular complexity index is 492. The van der Waals surface area contributed by atoms with Crippen molar-refractivity contribution >= 4 is 15.9 Å². The summed E-state index contributed by atoms with van der Waals surface area (Å²) in [5.74, 6) is 0.656. The Morgan fingerprint density at radius 1 is 1.24 bits per heavy atom. The average molecular weight is 355 g/mol. The number of rotatable bonds is 3. The van der Waals surface area contributed by atoms with Gasteiger partial charge in [-0.15, -0.1) is 0 Å². The molecule has 0 amide bonds. The maximum atomic E-state index is 14.3. The molecule has 2 N–H and O–H groups in total. The number of likely N-dealkylation sites (tertiary alicyclic amines) is 1. The number of hydrogen-bond acceptors (Lipinski definition) is 2. The third-order valence-electron chi connectivity index (χ3n) is 5.23. The van der Waals surface area contributed by atoms with Crippen LogP contribution in [0.2, 0.25) is 0 Å². The zero-order chi connectivity index (χ0) is 14.8. The fourth-order valence-corrected chi connectivity index (χ4v) is 4.64. The van der Waals surface area contributed by atoms with E-state index in [-0.39, 0.29) is 11.9 Å². The second-order valence-electron chi connectivity index (χ2n) is 6.41. The summed E-state index contributed by atoms with van der Waals surface area (Å²) in [6.45, 7) is 1.53. The van der Waals surface area contributed by atoms with E-state index in [9.17, 15) is 4.39 Å². The molecule has 1 aromatic carbocycles. The zero-order valence-electron chi connectivity index (χ0n) is 12.4. The number of hydrogen-bond donors (Lipinski definition) is 1. The highest BCUT2D eigenvalue weighted by atomic mass is 79.9. The van der Waals surface area contributed by atoms with Crippen molar-refractivity contribution in [3.63, 3.8) is 0 Å². The van der Waals surface area contributed by atoms with Gasteiger partial charge in [0.05, 0.1) is 6.04 Å². The minimum Gasteiger partial charge on any atom is -0.329 e. The topological polar surface area (TPSA) is 29.3 Å². The molecule has 21 heavy (non-hydrogen) atoms. The number of nitrogens with two attached hydrogens (primary N) is 1. The van der Waals surface area contributed by atoms with Crippen LogP contribution in [0.5, 0.6) is 0 Å². The molecular weight excluding hydrogens is 331 g/mol. The Balaban J connectivity index is 1.89. The van der Waals surface area contributed by atoms with Crippen molar-refractivity contribution in [3.8, 4) is 0 Å². The molecule has 3 atom stereocenters. The van der Waals surface area contributed by atoms with Gasteiger partial charge in [0.1, 0.15) is 5.82 Å². The van der Waals surface area contributed by atoms with Crippen molar-refractivity contribution in [3.05, 3.63) is 34.1 Å². The van der Waals surface area contributed by atoms with Crippen LogP contribution in [0, 0.1) is 11.7 Å². The molecule has 3 rings (SSSR count). The van der Waals surface area contributed by atoms with Gasteiger partial charge in [0.15, 0.2) is 0 Å².